The Kier molecular flexibility index (Phi) is 6.41. The highest BCUT2D eigenvalue weighted by Gasteiger charge is 2.24. The Morgan fingerprint density at radius 1 is 1.19 bits per heavy atom. The van der Waals surface area contributed by atoms with Crippen molar-refractivity contribution < 1.29 is 14.3 Å². The van der Waals surface area contributed by atoms with Crippen molar-refractivity contribution in [1.82, 2.24) is 15.3 Å². The molecule has 0 unspecified atom stereocenters. The lowest BCUT2D eigenvalue weighted by molar-refractivity contribution is -0.118. The van der Waals surface area contributed by atoms with E-state index in [1.807, 2.05) is 69.4 Å². The average Bonchev–Trinajstić information content (AvgIpc) is 3.35. The van der Waals surface area contributed by atoms with Crippen LogP contribution < -0.4 is 10.6 Å². The highest BCUT2D eigenvalue weighted by atomic mass is 32.1. The molecule has 166 valence electrons. The van der Waals surface area contributed by atoms with Crippen molar-refractivity contribution in [3.63, 3.8) is 0 Å². The van der Waals surface area contributed by atoms with Crippen LogP contribution in [0.1, 0.15) is 25.0 Å². The van der Waals surface area contributed by atoms with E-state index in [0.29, 0.717) is 11.6 Å². The van der Waals surface area contributed by atoms with Gasteiger partial charge in [-0.25, -0.2) is 9.78 Å². The number of aromatic amines is 1. The molecule has 2 heterocycles. The summed E-state index contributed by atoms with van der Waals surface area (Å²) in [6.45, 7) is 6.21. The van der Waals surface area contributed by atoms with Crippen LogP contribution in [-0.4, -0.2) is 34.6 Å². The molecule has 2 amide bonds. The number of aromatic nitrogens is 2. The molecule has 0 aliphatic carbocycles. The van der Waals surface area contributed by atoms with Crippen LogP contribution in [0.3, 0.4) is 0 Å². The fraction of sp³-hybridized carbons (Fsp3) is 0.292. The molecule has 0 bridgehead atoms. The molecule has 0 saturated carbocycles. The van der Waals surface area contributed by atoms with E-state index in [1.54, 1.807) is 0 Å². The van der Waals surface area contributed by atoms with Gasteiger partial charge in [-0.2, -0.15) is 0 Å². The summed E-state index contributed by atoms with van der Waals surface area (Å²) in [5, 5.41) is 7.11. The first-order valence-corrected chi connectivity index (χ1v) is 11.4. The molecular formula is C24H26N4O3S. The molecule has 0 spiro atoms. The standard InChI is InChI=1S/C24H26N4O3S/c1-14(2)13-31-24(30)27-20(11-16-12-25-18-7-5-4-6-17(16)18)22(29)28-23-26-19-9-8-15(3)10-21(19)32-23/h4-10,12,14,20,25H,11,13H2,1-3H3,(H,27,30)(H,26,28,29)/t20-/m1/s1. The summed E-state index contributed by atoms with van der Waals surface area (Å²) in [6, 6.07) is 13.0. The van der Waals surface area contributed by atoms with Crippen LogP contribution >= 0.6 is 11.3 Å². The van der Waals surface area contributed by atoms with Crippen molar-refractivity contribution in [3.05, 3.63) is 59.8 Å². The minimum Gasteiger partial charge on any atom is -0.449 e. The third-order valence-electron chi connectivity index (χ3n) is 5.03. The second-order valence-corrected chi connectivity index (χ2v) is 9.26. The zero-order valence-corrected chi connectivity index (χ0v) is 19.1. The zero-order chi connectivity index (χ0) is 22.7. The Morgan fingerprint density at radius 2 is 2.00 bits per heavy atom. The maximum atomic E-state index is 13.2. The van der Waals surface area contributed by atoms with Gasteiger partial charge in [0, 0.05) is 23.5 Å². The first-order chi connectivity index (χ1) is 15.4. The van der Waals surface area contributed by atoms with Crippen LogP contribution in [-0.2, 0) is 16.0 Å². The number of thiazole rings is 1. The third-order valence-corrected chi connectivity index (χ3v) is 5.96. The van der Waals surface area contributed by atoms with Gasteiger partial charge in [-0.05, 0) is 42.2 Å². The first kappa shape index (κ1) is 21.8. The summed E-state index contributed by atoms with van der Waals surface area (Å²) in [7, 11) is 0. The number of nitrogens with one attached hydrogen (secondary N) is 3. The van der Waals surface area contributed by atoms with Gasteiger partial charge in [0.15, 0.2) is 5.13 Å². The fourth-order valence-electron chi connectivity index (χ4n) is 3.43. The summed E-state index contributed by atoms with van der Waals surface area (Å²) >= 11 is 1.41. The quantitative estimate of drug-likeness (QED) is 0.368. The first-order valence-electron chi connectivity index (χ1n) is 10.6. The minimum absolute atomic E-state index is 0.202. The van der Waals surface area contributed by atoms with Crippen molar-refractivity contribution in [1.29, 1.82) is 0 Å². The number of hydrogen-bond acceptors (Lipinski definition) is 5. The molecule has 2 aromatic heterocycles. The van der Waals surface area contributed by atoms with Gasteiger partial charge in [0.1, 0.15) is 6.04 Å². The maximum Gasteiger partial charge on any atom is 0.407 e. The summed E-state index contributed by atoms with van der Waals surface area (Å²) in [5.41, 5.74) is 3.87. The van der Waals surface area contributed by atoms with Gasteiger partial charge in [0.05, 0.1) is 16.8 Å². The lowest BCUT2D eigenvalue weighted by Crippen LogP contribution is -2.45. The van der Waals surface area contributed by atoms with E-state index in [0.717, 1.165) is 32.2 Å². The predicted molar refractivity (Wildman–Crippen MR) is 128 cm³/mol. The maximum absolute atomic E-state index is 13.2. The molecule has 0 aliphatic rings. The van der Waals surface area contributed by atoms with Gasteiger partial charge >= 0.3 is 6.09 Å². The molecule has 4 aromatic rings. The predicted octanol–water partition coefficient (Wildman–Crippen LogP) is 5.02. The van der Waals surface area contributed by atoms with Crippen LogP contribution in [0.4, 0.5) is 9.93 Å². The van der Waals surface area contributed by atoms with Crippen molar-refractivity contribution >= 4 is 49.6 Å². The number of fused-ring (bicyclic) bond motifs is 2. The molecule has 32 heavy (non-hydrogen) atoms. The Hall–Kier alpha value is -3.39. The highest BCUT2D eigenvalue weighted by molar-refractivity contribution is 7.22. The second kappa shape index (κ2) is 9.40. The number of aryl methyl sites for hydroxylation is 1. The van der Waals surface area contributed by atoms with E-state index in [1.165, 1.54) is 11.3 Å². The number of amides is 2. The lowest BCUT2D eigenvalue weighted by Gasteiger charge is -2.18. The number of anilines is 1. The normalized spacial score (nSPS) is 12.2. The van der Waals surface area contributed by atoms with Gasteiger partial charge in [-0.3, -0.25) is 4.79 Å². The van der Waals surface area contributed by atoms with Crippen LogP contribution in [0.25, 0.3) is 21.1 Å². The van der Waals surface area contributed by atoms with Gasteiger partial charge in [0.2, 0.25) is 5.91 Å². The van der Waals surface area contributed by atoms with Crippen molar-refractivity contribution in [2.45, 2.75) is 33.2 Å². The van der Waals surface area contributed by atoms with E-state index in [-0.39, 0.29) is 18.4 Å². The van der Waals surface area contributed by atoms with E-state index in [9.17, 15) is 9.59 Å². The highest BCUT2D eigenvalue weighted by Crippen LogP contribution is 2.27. The number of rotatable bonds is 7. The third kappa shape index (κ3) is 5.08. The van der Waals surface area contributed by atoms with Crippen molar-refractivity contribution in [2.75, 3.05) is 11.9 Å². The van der Waals surface area contributed by atoms with E-state index in [2.05, 4.69) is 20.6 Å². The Morgan fingerprint density at radius 3 is 2.81 bits per heavy atom. The van der Waals surface area contributed by atoms with Gasteiger partial charge in [-0.15, -0.1) is 0 Å². The van der Waals surface area contributed by atoms with E-state index in [4.69, 9.17) is 4.74 Å². The monoisotopic (exact) mass is 450 g/mol. The Bertz CT molecular complexity index is 1260. The zero-order valence-electron chi connectivity index (χ0n) is 18.3. The summed E-state index contributed by atoms with van der Waals surface area (Å²) in [5.74, 6) is -0.139. The molecule has 8 heteroatoms. The summed E-state index contributed by atoms with van der Waals surface area (Å²) in [6.07, 6.45) is 1.57. The molecule has 0 radical (unpaired) electrons. The molecule has 3 N–H and O–H groups in total. The molecular weight excluding hydrogens is 424 g/mol. The number of para-hydroxylation sites is 1. The number of carbonyl (C=O) groups excluding carboxylic acids is 2. The van der Waals surface area contributed by atoms with Crippen LogP contribution in [0, 0.1) is 12.8 Å². The van der Waals surface area contributed by atoms with E-state index < -0.39 is 12.1 Å². The molecule has 2 aromatic carbocycles. The number of alkyl carbamates (subject to hydrolysis) is 1. The average molecular weight is 451 g/mol. The second-order valence-electron chi connectivity index (χ2n) is 8.23. The Balaban J connectivity index is 1.55. The SMILES string of the molecule is Cc1ccc2nc(NC(=O)[C@@H](Cc3c[nH]c4ccccc34)NC(=O)OCC(C)C)sc2c1. The van der Waals surface area contributed by atoms with Gasteiger partial charge < -0.3 is 20.4 Å². The molecule has 0 fully saturated rings. The van der Waals surface area contributed by atoms with Gasteiger partial charge in [-0.1, -0.05) is 49.4 Å². The number of H-pyrrole nitrogens is 1. The largest absolute Gasteiger partial charge is 0.449 e. The van der Waals surface area contributed by atoms with Crippen LogP contribution in [0.5, 0.6) is 0 Å². The number of hydrogen-bond donors (Lipinski definition) is 3. The van der Waals surface area contributed by atoms with Crippen molar-refractivity contribution in [3.8, 4) is 0 Å². The molecule has 7 nitrogen and oxygen atoms in total. The minimum atomic E-state index is -0.817. The number of benzene rings is 2. The Labute approximate surface area is 190 Å². The molecule has 1 atom stereocenters. The lowest BCUT2D eigenvalue weighted by atomic mass is 10.0. The van der Waals surface area contributed by atoms with Crippen molar-refractivity contribution in [2.24, 2.45) is 5.92 Å². The molecule has 0 saturated heterocycles. The topological polar surface area (TPSA) is 96.1 Å². The molecule has 4 rings (SSSR count). The van der Waals surface area contributed by atoms with Crippen LogP contribution in [0.15, 0.2) is 48.7 Å². The fourth-order valence-corrected chi connectivity index (χ4v) is 4.40. The van der Waals surface area contributed by atoms with E-state index >= 15 is 0 Å². The summed E-state index contributed by atoms with van der Waals surface area (Å²) < 4.78 is 6.25. The number of nitrogens with zero attached hydrogens (tertiary/aromatic N) is 1. The summed E-state index contributed by atoms with van der Waals surface area (Å²) in [4.78, 5) is 33.2. The smallest absolute Gasteiger partial charge is 0.407 e. The molecule has 0 aliphatic heterocycles. The van der Waals surface area contributed by atoms with Gasteiger partial charge in [0.25, 0.3) is 0 Å². The number of ether oxygens (including phenoxy) is 1. The number of carbonyl (C=O) groups is 2. The van der Waals surface area contributed by atoms with Crippen LogP contribution in [0.2, 0.25) is 0 Å².